The van der Waals surface area contributed by atoms with Crippen molar-refractivity contribution in [2.45, 2.75) is 12.5 Å². The predicted molar refractivity (Wildman–Crippen MR) is 105 cm³/mol. The highest BCUT2D eigenvalue weighted by Gasteiger charge is 2.28. The predicted octanol–water partition coefficient (Wildman–Crippen LogP) is 1.76. The van der Waals surface area contributed by atoms with Gasteiger partial charge in [0.25, 0.3) is 5.91 Å². The average Bonchev–Trinajstić information content (AvgIpc) is 3.17. The monoisotopic (exact) mass is 378 g/mol. The largest absolute Gasteiger partial charge is 0.378 e. The van der Waals surface area contributed by atoms with Crippen LogP contribution in [-0.4, -0.2) is 59.0 Å². The SMILES string of the molecule is O=C(N[C@H](Cc1c[nH]c2ccccc12)C(=O)N1CCOCC1)c1ccncc1. The van der Waals surface area contributed by atoms with Gasteiger partial charge in [0.2, 0.25) is 5.91 Å². The van der Waals surface area contributed by atoms with Crippen molar-refractivity contribution in [1.82, 2.24) is 20.2 Å². The molecule has 0 bridgehead atoms. The van der Waals surface area contributed by atoms with Crippen molar-refractivity contribution in [3.63, 3.8) is 0 Å². The van der Waals surface area contributed by atoms with E-state index in [-0.39, 0.29) is 11.8 Å². The number of benzene rings is 1. The second-order valence-corrected chi connectivity index (χ2v) is 6.76. The Morgan fingerprint density at radius 2 is 1.89 bits per heavy atom. The molecule has 144 valence electrons. The van der Waals surface area contributed by atoms with E-state index in [9.17, 15) is 9.59 Å². The van der Waals surface area contributed by atoms with Gasteiger partial charge < -0.3 is 19.9 Å². The number of nitrogens with zero attached hydrogens (tertiary/aromatic N) is 2. The summed E-state index contributed by atoms with van der Waals surface area (Å²) in [7, 11) is 0. The zero-order chi connectivity index (χ0) is 19.3. The summed E-state index contributed by atoms with van der Waals surface area (Å²) < 4.78 is 5.35. The number of nitrogens with one attached hydrogen (secondary N) is 2. The highest BCUT2D eigenvalue weighted by molar-refractivity contribution is 5.97. The minimum absolute atomic E-state index is 0.0870. The number of ether oxygens (including phenoxy) is 1. The number of amides is 2. The maximum absolute atomic E-state index is 13.2. The number of hydrogen-bond donors (Lipinski definition) is 2. The summed E-state index contributed by atoms with van der Waals surface area (Å²) in [5, 5.41) is 3.98. The van der Waals surface area contributed by atoms with Crippen molar-refractivity contribution in [1.29, 1.82) is 0 Å². The van der Waals surface area contributed by atoms with Crippen LogP contribution in [0, 0.1) is 0 Å². The summed E-state index contributed by atoms with van der Waals surface area (Å²) in [4.78, 5) is 34.8. The van der Waals surface area contributed by atoms with Crippen molar-refractivity contribution < 1.29 is 14.3 Å². The molecule has 28 heavy (non-hydrogen) atoms. The fourth-order valence-electron chi connectivity index (χ4n) is 3.47. The van der Waals surface area contributed by atoms with E-state index in [2.05, 4.69) is 15.3 Å². The molecule has 1 aliphatic heterocycles. The van der Waals surface area contributed by atoms with Crippen LogP contribution >= 0.6 is 0 Å². The van der Waals surface area contributed by atoms with Gasteiger partial charge in [0.1, 0.15) is 6.04 Å². The minimum atomic E-state index is -0.655. The fourth-order valence-corrected chi connectivity index (χ4v) is 3.47. The number of aromatic amines is 1. The molecule has 2 amide bonds. The van der Waals surface area contributed by atoms with Crippen molar-refractivity contribution in [3.05, 3.63) is 66.1 Å². The van der Waals surface area contributed by atoms with Crippen LogP contribution in [-0.2, 0) is 16.0 Å². The summed E-state index contributed by atoms with van der Waals surface area (Å²) in [5.74, 6) is -0.371. The van der Waals surface area contributed by atoms with Crippen LogP contribution < -0.4 is 5.32 Å². The second-order valence-electron chi connectivity index (χ2n) is 6.76. The minimum Gasteiger partial charge on any atom is -0.378 e. The summed E-state index contributed by atoms with van der Waals surface area (Å²) in [5.41, 5.74) is 2.49. The first-order valence-electron chi connectivity index (χ1n) is 9.35. The Morgan fingerprint density at radius 3 is 2.68 bits per heavy atom. The smallest absolute Gasteiger partial charge is 0.252 e. The van der Waals surface area contributed by atoms with Gasteiger partial charge in [-0.25, -0.2) is 0 Å². The zero-order valence-corrected chi connectivity index (χ0v) is 15.4. The lowest BCUT2D eigenvalue weighted by atomic mass is 10.0. The first-order valence-corrected chi connectivity index (χ1v) is 9.35. The molecular formula is C21H22N4O3. The molecule has 1 atom stereocenters. The van der Waals surface area contributed by atoms with Gasteiger partial charge in [-0.2, -0.15) is 0 Å². The molecular weight excluding hydrogens is 356 g/mol. The molecule has 7 heteroatoms. The van der Waals surface area contributed by atoms with Gasteiger partial charge in [0.05, 0.1) is 13.2 Å². The maximum Gasteiger partial charge on any atom is 0.252 e. The number of para-hydroxylation sites is 1. The molecule has 0 unspecified atom stereocenters. The van der Waals surface area contributed by atoms with Crippen LogP contribution in [0.5, 0.6) is 0 Å². The number of pyridine rings is 1. The number of carbonyl (C=O) groups is 2. The molecule has 2 N–H and O–H groups in total. The van der Waals surface area contributed by atoms with Crippen LogP contribution in [0.3, 0.4) is 0 Å². The number of rotatable bonds is 5. The molecule has 4 rings (SSSR count). The van der Waals surface area contributed by atoms with Crippen LogP contribution in [0.15, 0.2) is 55.0 Å². The average molecular weight is 378 g/mol. The fraction of sp³-hybridized carbons (Fsp3) is 0.286. The quantitative estimate of drug-likeness (QED) is 0.708. The molecule has 0 aliphatic carbocycles. The number of fused-ring (bicyclic) bond motifs is 1. The van der Waals surface area contributed by atoms with E-state index in [1.165, 1.54) is 0 Å². The van der Waals surface area contributed by atoms with Crippen LogP contribution in [0.2, 0.25) is 0 Å². The number of H-pyrrole nitrogens is 1. The van der Waals surface area contributed by atoms with E-state index >= 15 is 0 Å². The van der Waals surface area contributed by atoms with Gasteiger partial charge >= 0.3 is 0 Å². The Bertz CT molecular complexity index is 964. The van der Waals surface area contributed by atoms with Crippen molar-refractivity contribution in [2.24, 2.45) is 0 Å². The summed E-state index contributed by atoms with van der Waals surface area (Å²) in [6.07, 6.45) is 5.45. The third-order valence-electron chi connectivity index (χ3n) is 4.97. The van der Waals surface area contributed by atoms with Gasteiger partial charge in [-0.1, -0.05) is 18.2 Å². The van der Waals surface area contributed by atoms with E-state index in [0.29, 0.717) is 38.3 Å². The Balaban J connectivity index is 1.58. The highest BCUT2D eigenvalue weighted by Crippen LogP contribution is 2.20. The molecule has 0 saturated carbocycles. The van der Waals surface area contributed by atoms with Crippen molar-refractivity contribution in [2.75, 3.05) is 26.3 Å². The molecule has 0 spiro atoms. The Morgan fingerprint density at radius 1 is 1.14 bits per heavy atom. The maximum atomic E-state index is 13.2. The van der Waals surface area contributed by atoms with Gasteiger partial charge in [0.15, 0.2) is 0 Å². The van der Waals surface area contributed by atoms with Gasteiger partial charge in [-0.05, 0) is 23.8 Å². The molecule has 3 heterocycles. The molecule has 1 aromatic carbocycles. The topological polar surface area (TPSA) is 87.3 Å². The van der Waals surface area contributed by atoms with E-state index in [1.807, 2.05) is 30.5 Å². The Kier molecular flexibility index (Phi) is 5.34. The normalized spacial score (nSPS) is 15.4. The highest BCUT2D eigenvalue weighted by atomic mass is 16.5. The number of hydrogen-bond acceptors (Lipinski definition) is 4. The third kappa shape index (κ3) is 3.89. The first-order chi connectivity index (χ1) is 13.7. The van der Waals surface area contributed by atoms with Crippen LogP contribution in [0.4, 0.5) is 0 Å². The van der Waals surface area contributed by atoms with Crippen molar-refractivity contribution >= 4 is 22.7 Å². The zero-order valence-electron chi connectivity index (χ0n) is 15.4. The lowest BCUT2D eigenvalue weighted by Crippen LogP contribution is -2.52. The standard InChI is InChI=1S/C21H22N4O3/c26-20(15-5-7-22-8-6-15)24-19(21(27)25-9-11-28-12-10-25)13-16-14-23-18-4-2-1-3-17(16)18/h1-8,14,19,23H,9-13H2,(H,24,26)/t19-/m1/s1. The molecule has 3 aromatic rings. The molecule has 0 radical (unpaired) electrons. The van der Waals surface area contributed by atoms with Crippen molar-refractivity contribution in [3.8, 4) is 0 Å². The molecule has 2 aromatic heterocycles. The lowest BCUT2D eigenvalue weighted by Gasteiger charge is -2.30. The number of morpholine rings is 1. The molecule has 1 fully saturated rings. The Hall–Kier alpha value is -3.19. The number of carbonyl (C=O) groups excluding carboxylic acids is 2. The van der Waals surface area contributed by atoms with E-state index in [0.717, 1.165) is 16.5 Å². The van der Waals surface area contributed by atoms with Crippen LogP contribution in [0.25, 0.3) is 10.9 Å². The molecule has 7 nitrogen and oxygen atoms in total. The number of aromatic nitrogens is 2. The van der Waals surface area contributed by atoms with E-state index < -0.39 is 6.04 Å². The van der Waals surface area contributed by atoms with Crippen LogP contribution in [0.1, 0.15) is 15.9 Å². The summed E-state index contributed by atoms with van der Waals surface area (Å²) in [6, 6.07) is 10.6. The van der Waals surface area contributed by atoms with Gasteiger partial charge in [0, 0.05) is 54.6 Å². The van der Waals surface area contributed by atoms with Gasteiger partial charge in [-0.3, -0.25) is 14.6 Å². The lowest BCUT2D eigenvalue weighted by molar-refractivity contribution is -0.137. The van der Waals surface area contributed by atoms with E-state index in [4.69, 9.17) is 4.74 Å². The second kappa shape index (κ2) is 8.22. The first kappa shape index (κ1) is 18.2. The Labute approximate surface area is 162 Å². The molecule has 1 aliphatic rings. The summed E-state index contributed by atoms with van der Waals surface area (Å²) in [6.45, 7) is 2.11. The third-order valence-corrected chi connectivity index (χ3v) is 4.97. The van der Waals surface area contributed by atoms with E-state index in [1.54, 1.807) is 29.4 Å². The summed E-state index contributed by atoms with van der Waals surface area (Å²) >= 11 is 0. The van der Waals surface area contributed by atoms with Gasteiger partial charge in [-0.15, -0.1) is 0 Å². The molecule has 1 saturated heterocycles.